The number of carbonyl (C=O) groups is 1. The van der Waals surface area contributed by atoms with Crippen molar-refractivity contribution in [2.45, 2.75) is 6.04 Å². The highest BCUT2D eigenvalue weighted by Gasteiger charge is 2.14. The predicted octanol–water partition coefficient (Wildman–Crippen LogP) is 2.69. The number of nitrogens with one attached hydrogen (secondary N) is 2. The van der Waals surface area contributed by atoms with E-state index in [9.17, 15) is 14.3 Å². The molecule has 0 spiro atoms. The molecule has 0 saturated heterocycles. The van der Waals surface area contributed by atoms with Crippen LogP contribution in [0.15, 0.2) is 48.5 Å². The average Bonchev–Trinajstić information content (AvgIpc) is 2.55. The van der Waals surface area contributed by atoms with Gasteiger partial charge in [0.05, 0.1) is 25.4 Å². The van der Waals surface area contributed by atoms with Crippen LogP contribution in [0.3, 0.4) is 0 Å². The second-order valence-electron chi connectivity index (χ2n) is 4.59. The Hall–Kier alpha value is -2.60. The number of ether oxygens (including phenoxy) is 1. The highest BCUT2D eigenvalue weighted by atomic mass is 19.1. The molecule has 0 heterocycles. The summed E-state index contributed by atoms with van der Waals surface area (Å²) in [4.78, 5) is 12.0. The molecule has 0 fully saturated rings. The Bertz CT molecular complexity index is 635. The topological polar surface area (TPSA) is 70.6 Å². The van der Waals surface area contributed by atoms with E-state index in [1.165, 1.54) is 25.3 Å². The normalized spacial score (nSPS) is 11.6. The second-order valence-corrected chi connectivity index (χ2v) is 4.59. The maximum atomic E-state index is 13.1. The molecule has 6 heteroatoms. The lowest BCUT2D eigenvalue weighted by molar-refractivity contribution is 0.225. The van der Waals surface area contributed by atoms with Crippen LogP contribution in [0.1, 0.15) is 11.6 Å². The minimum Gasteiger partial charge on any atom is -0.494 e. The van der Waals surface area contributed by atoms with E-state index in [1.807, 2.05) is 18.2 Å². The lowest BCUT2D eigenvalue weighted by atomic mass is 10.1. The molecule has 0 bridgehead atoms. The Kier molecular flexibility index (Phi) is 5.32. The fourth-order valence-electron chi connectivity index (χ4n) is 2.00. The molecule has 2 rings (SSSR count). The van der Waals surface area contributed by atoms with Gasteiger partial charge in [-0.3, -0.25) is 0 Å². The van der Waals surface area contributed by atoms with Gasteiger partial charge in [0.2, 0.25) is 0 Å². The summed E-state index contributed by atoms with van der Waals surface area (Å²) in [6.45, 7) is -0.238. The van der Waals surface area contributed by atoms with Gasteiger partial charge in [0.25, 0.3) is 0 Å². The van der Waals surface area contributed by atoms with E-state index >= 15 is 0 Å². The third-order valence-electron chi connectivity index (χ3n) is 3.10. The van der Waals surface area contributed by atoms with Crippen LogP contribution >= 0.6 is 0 Å². The monoisotopic (exact) mass is 304 g/mol. The molecule has 0 aliphatic heterocycles. The summed E-state index contributed by atoms with van der Waals surface area (Å²) in [5.74, 6) is -0.240. The molecule has 0 radical (unpaired) electrons. The molecule has 22 heavy (non-hydrogen) atoms. The van der Waals surface area contributed by atoms with Crippen LogP contribution in [0.25, 0.3) is 0 Å². The number of urea groups is 1. The van der Waals surface area contributed by atoms with E-state index in [2.05, 4.69) is 10.6 Å². The first-order chi connectivity index (χ1) is 10.6. The summed E-state index contributed by atoms with van der Waals surface area (Å²) in [6.07, 6.45) is 0. The minimum atomic E-state index is -0.535. The van der Waals surface area contributed by atoms with Crippen molar-refractivity contribution in [3.05, 3.63) is 59.9 Å². The van der Waals surface area contributed by atoms with Crippen molar-refractivity contribution in [3.63, 3.8) is 0 Å². The van der Waals surface area contributed by atoms with Crippen LogP contribution in [-0.4, -0.2) is 24.9 Å². The van der Waals surface area contributed by atoms with E-state index in [0.29, 0.717) is 5.69 Å². The van der Waals surface area contributed by atoms with Crippen molar-refractivity contribution in [2.75, 3.05) is 19.0 Å². The summed E-state index contributed by atoms with van der Waals surface area (Å²) in [7, 11) is 1.39. The van der Waals surface area contributed by atoms with Gasteiger partial charge < -0.3 is 20.5 Å². The van der Waals surface area contributed by atoms with Crippen molar-refractivity contribution >= 4 is 11.7 Å². The Morgan fingerprint density at radius 3 is 2.64 bits per heavy atom. The number of aliphatic hydroxyl groups excluding tert-OH is 1. The largest absolute Gasteiger partial charge is 0.494 e. The molecular weight excluding hydrogens is 287 g/mol. The smallest absolute Gasteiger partial charge is 0.319 e. The highest BCUT2D eigenvalue weighted by Crippen LogP contribution is 2.25. The summed E-state index contributed by atoms with van der Waals surface area (Å²) in [5, 5.41) is 14.6. The molecule has 0 aromatic heterocycles. The number of rotatable bonds is 5. The molecule has 1 unspecified atom stereocenters. The molecular formula is C16H17FN2O3. The van der Waals surface area contributed by atoms with Gasteiger partial charge in [-0.15, -0.1) is 0 Å². The van der Waals surface area contributed by atoms with Crippen molar-refractivity contribution < 1.29 is 19.0 Å². The SMILES string of the molecule is COc1cc(F)ccc1NC(=O)NC(CO)c1ccccc1. The van der Waals surface area contributed by atoms with Gasteiger partial charge in [0.15, 0.2) is 0 Å². The summed E-state index contributed by atoms with van der Waals surface area (Å²) in [5.41, 5.74) is 1.12. The number of amides is 2. The number of methoxy groups -OCH3 is 1. The van der Waals surface area contributed by atoms with E-state index in [0.717, 1.165) is 5.56 Å². The molecule has 3 N–H and O–H groups in total. The van der Waals surface area contributed by atoms with E-state index in [4.69, 9.17) is 4.74 Å². The summed E-state index contributed by atoms with van der Waals surface area (Å²) >= 11 is 0. The van der Waals surface area contributed by atoms with Gasteiger partial charge in [0.1, 0.15) is 11.6 Å². The zero-order chi connectivity index (χ0) is 15.9. The molecule has 116 valence electrons. The van der Waals surface area contributed by atoms with E-state index < -0.39 is 17.9 Å². The van der Waals surface area contributed by atoms with Crippen molar-refractivity contribution in [3.8, 4) is 5.75 Å². The molecule has 0 aliphatic rings. The number of anilines is 1. The zero-order valence-corrected chi connectivity index (χ0v) is 12.0. The van der Waals surface area contributed by atoms with Crippen LogP contribution < -0.4 is 15.4 Å². The number of halogens is 1. The van der Waals surface area contributed by atoms with Gasteiger partial charge in [-0.2, -0.15) is 0 Å². The predicted molar refractivity (Wildman–Crippen MR) is 81.4 cm³/mol. The lowest BCUT2D eigenvalue weighted by Crippen LogP contribution is -2.34. The van der Waals surface area contributed by atoms with Gasteiger partial charge in [0, 0.05) is 6.07 Å². The molecule has 5 nitrogen and oxygen atoms in total. The van der Waals surface area contributed by atoms with E-state index in [-0.39, 0.29) is 12.4 Å². The Balaban J connectivity index is 2.06. The average molecular weight is 304 g/mol. The van der Waals surface area contributed by atoms with Gasteiger partial charge in [-0.25, -0.2) is 9.18 Å². The fraction of sp³-hybridized carbons (Fsp3) is 0.188. The lowest BCUT2D eigenvalue weighted by Gasteiger charge is -2.18. The second kappa shape index (κ2) is 7.42. The van der Waals surface area contributed by atoms with Crippen LogP contribution in [0, 0.1) is 5.82 Å². The van der Waals surface area contributed by atoms with Gasteiger partial charge >= 0.3 is 6.03 Å². The van der Waals surface area contributed by atoms with Crippen LogP contribution in [0.2, 0.25) is 0 Å². The first-order valence-electron chi connectivity index (χ1n) is 6.71. The zero-order valence-electron chi connectivity index (χ0n) is 12.0. The molecule has 0 saturated carbocycles. The van der Waals surface area contributed by atoms with Gasteiger partial charge in [-0.05, 0) is 17.7 Å². The van der Waals surface area contributed by atoms with Crippen molar-refractivity contribution in [1.82, 2.24) is 5.32 Å². The molecule has 1 atom stereocenters. The summed E-state index contributed by atoms with van der Waals surface area (Å²) < 4.78 is 18.1. The molecule has 0 aliphatic carbocycles. The van der Waals surface area contributed by atoms with Crippen LogP contribution in [-0.2, 0) is 0 Å². The first-order valence-corrected chi connectivity index (χ1v) is 6.71. The van der Waals surface area contributed by atoms with E-state index in [1.54, 1.807) is 12.1 Å². The number of carbonyl (C=O) groups excluding carboxylic acids is 1. The van der Waals surface area contributed by atoms with Gasteiger partial charge in [-0.1, -0.05) is 30.3 Å². The minimum absolute atomic E-state index is 0.218. The summed E-state index contributed by atoms with van der Waals surface area (Å²) in [6, 6.07) is 11.8. The number of aliphatic hydroxyl groups is 1. The van der Waals surface area contributed by atoms with Crippen molar-refractivity contribution in [2.24, 2.45) is 0 Å². The Morgan fingerprint density at radius 1 is 1.27 bits per heavy atom. The van der Waals surface area contributed by atoms with Crippen LogP contribution in [0.5, 0.6) is 5.75 Å². The quantitative estimate of drug-likeness (QED) is 0.795. The fourth-order valence-corrected chi connectivity index (χ4v) is 2.00. The maximum absolute atomic E-state index is 13.1. The molecule has 2 amide bonds. The Labute approximate surface area is 127 Å². The standard InChI is InChI=1S/C16H17FN2O3/c1-22-15-9-12(17)7-8-13(15)18-16(21)19-14(10-20)11-5-3-2-4-6-11/h2-9,14,20H,10H2,1H3,(H2,18,19,21). The number of hydrogen-bond donors (Lipinski definition) is 3. The van der Waals surface area contributed by atoms with Crippen LogP contribution in [0.4, 0.5) is 14.9 Å². The number of hydrogen-bond acceptors (Lipinski definition) is 3. The third kappa shape index (κ3) is 3.95. The molecule has 2 aromatic carbocycles. The Morgan fingerprint density at radius 2 is 2.00 bits per heavy atom. The molecule has 2 aromatic rings. The maximum Gasteiger partial charge on any atom is 0.319 e. The highest BCUT2D eigenvalue weighted by molar-refractivity contribution is 5.91. The first kappa shape index (κ1) is 15.8. The third-order valence-corrected chi connectivity index (χ3v) is 3.10. The number of benzene rings is 2. The van der Waals surface area contributed by atoms with Crippen molar-refractivity contribution in [1.29, 1.82) is 0 Å².